The van der Waals surface area contributed by atoms with Crippen molar-refractivity contribution in [3.05, 3.63) is 21.9 Å². The topological polar surface area (TPSA) is 81.4 Å². The van der Waals surface area contributed by atoms with Gasteiger partial charge in [-0.2, -0.15) is 0 Å². The number of fused-ring (bicyclic) bond motifs is 1. The van der Waals surface area contributed by atoms with Gasteiger partial charge >= 0.3 is 5.97 Å². The van der Waals surface area contributed by atoms with Crippen LogP contribution in [0.3, 0.4) is 0 Å². The molecule has 0 aliphatic rings. The average Bonchev–Trinajstić information content (AvgIpc) is 3.16. The van der Waals surface area contributed by atoms with Crippen molar-refractivity contribution in [1.82, 2.24) is 5.32 Å². The molecule has 0 saturated carbocycles. The number of hydrogen-bond donors (Lipinski definition) is 2. The van der Waals surface area contributed by atoms with Crippen LogP contribution in [0, 0.1) is 5.41 Å². The zero-order valence-corrected chi connectivity index (χ0v) is 15.9. The van der Waals surface area contributed by atoms with Crippen molar-refractivity contribution in [2.75, 3.05) is 13.2 Å². The molecule has 1 amide bonds. The Bertz CT molecular complexity index is 708. The second kappa shape index (κ2) is 8.09. The van der Waals surface area contributed by atoms with Gasteiger partial charge in [-0.1, -0.05) is 13.8 Å². The number of rotatable bonds is 8. The summed E-state index contributed by atoms with van der Waals surface area (Å²) in [5.41, 5.74) is 6.14. The molecule has 0 unspecified atom stereocenters. The Morgan fingerprint density at radius 3 is 2.58 bits per heavy atom. The summed E-state index contributed by atoms with van der Waals surface area (Å²) in [7, 11) is 0. The highest BCUT2D eigenvalue weighted by molar-refractivity contribution is 7.28. The third kappa shape index (κ3) is 3.48. The molecule has 24 heavy (non-hydrogen) atoms. The predicted octanol–water partition coefficient (Wildman–Crippen LogP) is 3.52. The second-order valence-electron chi connectivity index (χ2n) is 5.62. The highest BCUT2D eigenvalue weighted by Crippen LogP contribution is 2.36. The molecule has 0 saturated heterocycles. The summed E-state index contributed by atoms with van der Waals surface area (Å²) in [6.07, 6.45) is 1.38. The van der Waals surface area contributed by atoms with Crippen LogP contribution in [0.25, 0.3) is 9.40 Å². The molecular weight excluding hydrogens is 344 g/mol. The minimum atomic E-state index is -0.547. The lowest BCUT2D eigenvalue weighted by molar-refractivity contribution is -0.131. The van der Waals surface area contributed by atoms with Gasteiger partial charge in [0.1, 0.15) is 4.88 Å². The van der Waals surface area contributed by atoms with Crippen LogP contribution in [-0.2, 0) is 16.1 Å². The largest absolute Gasteiger partial charge is 0.462 e. The Morgan fingerprint density at radius 2 is 2.00 bits per heavy atom. The van der Waals surface area contributed by atoms with E-state index in [9.17, 15) is 9.59 Å². The molecule has 0 aromatic carbocycles. The molecule has 0 aliphatic heterocycles. The molecule has 0 fully saturated rings. The number of thiophene rings is 2. The molecule has 0 aliphatic carbocycles. The summed E-state index contributed by atoms with van der Waals surface area (Å²) in [6, 6.07) is 1.99. The molecule has 2 aromatic rings. The molecule has 0 bridgehead atoms. The molecule has 132 valence electrons. The van der Waals surface area contributed by atoms with Gasteiger partial charge in [-0.25, -0.2) is 4.79 Å². The van der Waals surface area contributed by atoms with E-state index in [-0.39, 0.29) is 11.9 Å². The van der Waals surface area contributed by atoms with Crippen molar-refractivity contribution in [3.63, 3.8) is 0 Å². The number of esters is 1. The first-order chi connectivity index (χ1) is 11.5. The molecule has 0 atom stereocenters. The van der Waals surface area contributed by atoms with E-state index in [1.807, 2.05) is 25.3 Å². The van der Waals surface area contributed by atoms with Gasteiger partial charge in [0.05, 0.1) is 16.7 Å². The Hall–Kier alpha value is -1.44. The van der Waals surface area contributed by atoms with Gasteiger partial charge in [0.25, 0.3) is 0 Å². The number of nitrogens with one attached hydrogen (secondary N) is 1. The Balaban J connectivity index is 2.25. The van der Waals surface area contributed by atoms with E-state index >= 15 is 0 Å². The van der Waals surface area contributed by atoms with E-state index in [1.165, 1.54) is 11.3 Å². The lowest BCUT2D eigenvalue weighted by atomic mass is 9.81. The maximum absolute atomic E-state index is 12.6. The maximum Gasteiger partial charge on any atom is 0.348 e. The number of amides is 1. The first-order valence-corrected chi connectivity index (χ1v) is 9.86. The summed E-state index contributed by atoms with van der Waals surface area (Å²) >= 11 is 2.99. The Morgan fingerprint density at radius 1 is 1.29 bits per heavy atom. The quantitative estimate of drug-likeness (QED) is 0.699. The fraction of sp³-hybridized carbons (Fsp3) is 0.529. The number of nitrogens with two attached hydrogens (primary N) is 1. The summed E-state index contributed by atoms with van der Waals surface area (Å²) < 4.78 is 7.23. The smallest absolute Gasteiger partial charge is 0.348 e. The Kier molecular flexibility index (Phi) is 6.37. The molecule has 2 aromatic heterocycles. The first kappa shape index (κ1) is 18.9. The highest BCUT2D eigenvalue weighted by Gasteiger charge is 2.33. The standard InChI is InChI=1S/C17H24N2O3S2/c1-4-17(5-2,10-18)16(21)19-9-11-13-12(7-8-23-13)24-14(11)15(20)22-6-3/h7-8H,4-6,9-10,18H2,1-3H3,(H,19,21). The number of hydrogen-bond acceptors (Lipinski definition) is 6. The van der Waals surface area contributed by atoms with Crippen LogP contribution >= 0.6 is 22.7 Å². The van der Waals surface area contributed by atoms with Crippen LogP contribution in [0.5, 0.6) is 0 Å². The zero-order valence-electron chi connectivity index (χ0n) is 14.3. The molecule has 7 heteroatoms. The summed E-state index contributed by atoms with van der Waals surface area (Å²) in [5, 5.41) is 4.97. The van der Waals surface area contributed by atoms with Crippen molar-refractivity contribution in [2.24, 2.45) is 11.1 Å². The normalized spacial score (nSPS) is 11.7. The molecular formula is C17H24N2O3S2. The van der Waals surface area contributed by atoms with Gasteiger partial charge in [-0.3, -0.25) is 4.79 Å². The van der Waals surface area contributed by atoms with Crippen LogP contribution in [0.2, 0.25) is 0 Å². The van der Waals surface area contributed by atoms with Crippen LogP contribution in [0.4, 0.5) is 0 Å². The first-order valence-electron chi connectivity index (χ1n) is 8.17. The predicted molar refractivity (Wildman–Crippen MR) is 99.6 cm³/mol. The third-order valence-corrected chi connectivity index (χ3v) is 6.78. The minimum Gasteiger partial charge on any atom is -0.462 e. The number of carbonyl (C=O) groups is 2. The number of carbonyl (C=O) groups excluding carboxylic acids is 2. The number of ether oxygens (including phenoxy) is 1. The molecule has 0 radical (unpaired) electrons. The van der Waals surface area contributed by atoms with Crippen molar-refractivity contribution >= 4 is 43.9 Å². The molecule has 2 rings (SSSR count). The van der Waals surface area contributed by atoms with Crippen LogP contribution in [0.15, 0.2) is 11.4 Å². The second-order valence-corrected chi connectivity index (χ2v) is 7.59. The molecule has 3 N–H and O–H groups in total. The van der Waals surface area contributed by atoms with E-state index in [2.05, 4.69) is 5.32 Å². The summed E-state index contributed by atoms with van der Waals surface area (Å²) in [6.45, 7) is 6.69. The van der Waals surface area contributed by atoms with E-state index in [1.54, 1.807) is 18.3 Å². The van der Waals surface area contributed by atoms with Gasteiger partial charge in [0.2, 0.25) is 5.91 Å². The van der Waals surface area contributed by atoms with Crippen LogP contribution < -0.4 is 11.1 Å². The zero-order chi connectivity index (χ0) is 17.7. The highest BCUT2D eigenvalue weighted by atomic mass is 32.1. The molecule has 0 spiro atoms. The Labute approximate surface area is 150 Å². The van der Waals surface area contributed by atoms with Crippen molar-refractivity contribution < 1.29 is 14.3 Å². The van der Waals surface area contributed by atoms with E-state index in [0.717, 1.165) is 15.0 Å². The van der Waals surface area contributed by atoms with Gasteiger partial charge in [0.15, 0.2) is 0 Å². The maximum atomic E-state index is 12.6. The third-order valence-electron chi connectivity index (χ3n) is 4.50. The summed E-state index contributed by atoms with van der Waals surface area (Å²) in [4.78, 5) is 25.4. The van der Waals surface area contributed by atoms with Gasteiger partial charge in [-0.15, -0.1) is 22.7 Å². The van der Waals surface area contributed by atoms with Gasteiger partial charge < -0.3 is 15.8 Å². The van der Waals surface area contributed by atoms with Gasteiger partial charge in [0, 0.05) is 23.4 Å². The van der Waals surface area contributed by atoms with Crippen LogP contribution in [-0.4, -0.2) is 25.0 Å². The monoisotopic (exact) mass is 368 g/mol. The fourth-order valence-corrected chi connectivity index (χ4v) is 4.98. The van der Waals surface area contributed by atoms with E-state index in [0.29, 0.717) is 37.4 Å². The van der Waals surface area contributed by atoms with Crippen molar-refractivity contribution in [2.45, 2.75) is 40.2 Å². The minimum absolute atomic E-state index is 0.0549. The molecule has 2 heterocycles. The SMILES string of the molecule is CCOC(=O)c1sc2ccsc2c1CNC(=O)C(CC)(CC)CN. The average molecular weight is 369 g/mol. The molecule has 5 nitrogen and oxygen atoms in total. The van der Waals surface area contributed by atoms with Crippen molar-refractivity contribution in [3.8, 4) is 0 Å². The van der Waals surface area contributed by atoms with Crippen LogP contribution in [0.1, 0.15) is 48.8 Å². The van der Waals surface area contributed by atoms with E-state index < -0.39 is 5.41 Å². The van der Waals surface area contributed by atoms with Crippen molar-refractivity contribution in [1.29, 1.82) is 0 Å². The lowest BCUT2D eigenvalue weighted by Gasteiger charge is -2.28. The lowest BCUT2D eigenvalue weighted by Crippen LogP contribution is -2.45. The summed E-state index contributed by atoms with van der Waals surface area (Å²) in [5.74, 6) is -0.382. The van der Waals surface area contributed by atoms with Gasteiger partial charge in [-0.05, 0) is 31.2 Å². The van der Waals surface area contributed by atoms with E-state index in [4.69, 9.17) is 10.5 Å². The fourth-order valence-electron chi connectivity index (χ4n) is 2.70.